The second kappa shape index (κ2) is 2.91. The Bertz CT molecular complexity index is 359. The van der Waals surface area contributed by atoms with Gasteiger partial charge in [-0.25, -0.2) is 0 Å². The lowest BCUT2D eigenvalue weighted by molar-refractivity contribution is 0.422. The van der Waals surface area contributed by atoms with Crippen LogP contribution in [-0.4, -0.2) is 6.04 Å². The van der Waals surface area contributed by atoms with Crippen molar-refractivity contribution in [2.24, 2.45) is 0 Å². The molecule has 0 saturated heterocycles. The number of benzene rings is 1. The summed E-state index contributed by atoms with van der Waals surface area (Å²) in [7, 11) is 0. The highest BCUT2D eigenvalue weighted by Gasteiger charge is 2.33. The first-order chi connectivity index (χ1) is 6.84. The number of hydrogen-bond acceptors (Lipinski definition) is 2. The van der Waals surface area contributed by atoms with Gasteiger partial charge in [0.2, 0.25) is 0 Å². The van der Waals surface area contributed by atoms with Crippen LogP contribution >= 0.6 is 0 Å². The first kappa shape index (κ1) is 8.16. The molecular weight excluding hydrogens is 172 g/mol. The van der Waals surface area contributed by atoms with E-state index in [0.717, 1.165) is 11.6 Å². The zero-order chi connectivity index (χ0) is 9.54. The van der Waals surface area contributed by atoms with Crippen LogP contribution in [0.4, 0.5) is 11.4 Å². The summed E-state index contributed by atoms with van der Waals surface area (Å²) in [6.45, 7) is 0. The molecule has 3 N–H and O–H groups in total. The van der Waals surface area contributed by atoms with Crippen LogP contribution in [0.3, 0.4) is 0 Å². The van der Waals surface area contributed by atoms with Crippen LogP contribution in [-0.2, 0) is 0 Å². The minimum atomic E-state index is 0.681. The molecule has 1 aliphatic heterocycles. The first-order valence-corrected chi connectivity index (χ1v) is 5.50. The second-order valence-corrected chi connectivity index (χ2v) is 4.49. The normalized spacial score (nSPS) is 29.1. The predicted molar refractivity (Wildman–Crippen MR) is 59.5 cm³/mol. The molecule has 2 nitrogen and oxygen atoms in total. The van der Waals surface area contributed by atoms with E-state index < -0.39 is 0 Å². The predicted octanol–water partition coefficient (Wildman–Crippen LogP) is 2.72. The Morgan fingerprint density at radius 1 is 1.21 bits per heavy atom. The second-order valence-electron chi connectivity index (χ2n) is 4.49. The molecule has 2 aliphatic rings. The molecule has 0 aromatic heterocycles. The number of nitrogen functional groups attached to an aromatic ring is 1. The fourth-order valence-electron chi connectivity index (χ4n) is 2.90. The van der Waals surface area contributed by atoms with Crippen molar-refractivity contribution in [1.82, 2.24) is 0 Å². The quantitative estimate of drug-likeness (QED) is 0.614. The average Bonchev–Trinajstić information content (AvgIpc) is 2.56. The lowest BCUT2D eigenvalue weighted by atomic mass is 9.83. The summed E-state index contributed by atoms with van der Waals surface area (Å²) >= 11 is 0. The largest absolute Gasteiger partial charge is 0.399 e. The first-order valence-electron chi connectivity index (χ1n) is 5.50. The summed E-state index contributed by atoms with van der Waals surface area (Å²) in [5.74, 6) is 0.724. The van der Waals surface area contributed by atoms with E-state index in [2.05, 4.69) is 17.4 Å². The highest BCUT2D eigenvalue weighted by atomic mass is 15.0. The maximum absolute atomic E-state index is 5.82. The van der Waals surface area contributed by atoms with Gasteiger partial charge in [-0.05, 0) is 36.6 Å². The maximum Gasteiger partial charge on any atom is 0.0380 e. The summed E-state index contributed by atoms with van der Waals surface area (Å²) in [5, 5.41) is 3.61. The van der Waals surface area contributed by atoms with Crippen molar-refractivity contribution >= 4 is 11.4 Å². The Hall–Kier alpha value is -1.18. The van der Waals surface area contributed by atoms with E-state index in [9.17, 15) is 0 Å². The van der Waals surface area contributed by atoms with Crippen molar-refractivity contribution in [1.29, 1.82) is 0 Å². The van der Waals surface area contributed by atoms with Crippen molar-refractivity contribution in [3.05, 3.63) is 23.8 Å². The van der Waals surface area contributed by atoms with Gasteiger partial charge in [0.1, 0.15) is 0 Å². The van der Waals surface area contributed by atoms with E-state index in [1.165, 1.54) is 36.9 Å². The molecule has 1 heterocycles. The van der Waals surface area contributed by atoms with E-state index in [4.69, 9.17) is 5.73 Å². The van der Waals surface area contributed by atoms with Crippen molar-refractivity contribution < 1.29 is 0 Å². The minimum Gasteiger partial charge on any atom is -0.399 e. The molecule has 1 aromatic carbocycles. The van der Waals surface area contributed by atoms with Gasteiger partial charge in [0.05, 0.1) is 0 Å². The summed E-state index contributed by atoms with van der Waals surface area (Å²) < 4.78 is 0. The van der Waals surface area contributed by atoms with Gasteiger partial charge in [-0.2, -0.15) is 0 Å². The molecule has 0 radical (unpaired) electrons. The third kappa shape index (κ3) is 1.10. The fourth-order valence-corrected chi connectivity index (χ4v) is 2.90. The number of anilines is 2. The average molecular weight is 188 g/mol. The smallest absolute Gasteiger partial charge is 0.0380 e. The van der Waals surface area contributed by atoms with Crippen LogP contribution in [0.5, 0.6) is 0 Å². The number of nitrogens with two attached hydrogens (primary N) is 1. The molecule has 0 amide bonds. The molecule has 2 heteroatoms. The molecule has 2 unspecified atom stereocenters. The molecule has 1 aliphatic carbocycles. The van der Waals surface area contributed by atoms with Crippen LogP contribution in [0.2, 0.25) is 0 Å². The molecule has 2 atom stereocenters. The molecule has 3 rings (SSSR count). The highest BCUT2D eigenvalue weighted by Crippen LogP contribution is 2.44. The van der Waals surface area contributed by atoms with E-state index in [-0.39, 0.29) is 0 Å². The Morgan fingerprint density at radius 3 is 3.00 bits per heavy atom. The monoisotopic (exact) mass is 188 g/mol. The molecule has 1 saturated carbocycles. The lowest BCUT2D eigenvalue weighted by Gasteiger charge is -2.25. The Balaban J connectivity index is 2.02. The van der Waals surface area contributed by atoms with E-state index in [0.29, 0.717) is 6.04 Å². The van der Waals surface area contributed by atoms with E-state index in [1.54, 1.807) is 0 Å². The van der Waals surface area contributed by atoms with Crippen molar-refractivity contribution in [3.8, 4) is 0 Å². The van der Waals surface area contributed by atoms with E-state index >= 15 is 0 Å². The molecular formula is C12H16N2. The highest BCUT2D eigenvalue weighted by molar-refractivity contribution is 5.64. The minimum absolute atomic E-state index is 0.681. The molecule has 74 valence electrons. The number of nitrogens with one attached hydrogen (secondary N) is 1. The van der Waals surface area contributed by atoms with Crippen LogP contribution in [0.15, 0.2) is 18.2 Å². The molecule has 1 fully saturated rings. The SMILES string of the molecule is Nc1ccc2c(c1)C1CCCCC1N2. The van der Waals surface area contributed by atoms with Gasteiger partial charge in [-0.15, -0.1) is 0 Å². The topological polar surface area (TPSA) is 38.0 Å². The Morgan fingerprint density at radius 2 is 2.07 bits per heavy atom. The summed E-state index contributed by atoms with van der Waals surface area (Å²) in [5.41, 5.74) is 9.49. The maximum atomic E-state index is 5.82. The van der Waals surface area contributed by atoms with Gasteiger partial charge in [0.15, 0.2) is 0 Å². The number of rotatable bonds is 0. The van der Waals surface area contributed by atoms with Gasteiger partial charge in [0, 0.05) is 23.3 Å². The molecule has 14 heavy (non-hydrogen) atoms. The van der Waals surface area contributed by atoms with Crippen LogP contribution in [0, 0.1) is 0 Å². The van der Waals surface area contributed by atoms with Gasteiger partial charge in [-0.3, -0.25) is 0 Å². The number of hydrogen-bond donors (Lipinski definition) is 2. The van der Waals surface area contributed by atoms with Crippen LogP contribution in [0.25, 0.3) is 0 Å². The van der Waals surface area contributed by atoms with Crippen LogP contribution < -0.4 is 11.1 Å². The summed E-state index contributed by atoms with van der Waals surface area (Å²) in [6, 6.07) is 6.95. The number of fused-ring (bicyclic) bond motifs is 3. The molecule has 0 bridgehead atoms. The van der Waals surface area contributed by atoms with Gasteiger partial charge in [-0.1, -0.05) is 12.8 Å². The molecule has 1 aromatic rings. The molecule has 0 spiro atoms. The van der Waals surface area contributed by atoms with Gasteiger partial charge < -0.3 is 11.1 Å². The van der Waals surface area contributed by atoms with Crippen LogP contribution in [0.1, 0.15) is 37.2 Å². The van der Waals surface area contributed by atoms with E-state index in [1.807, 2.05) is 6.07 Å². The third-order valence-corrected chi connectivity index (χ3v) is 3.58. The van der Waals surface area contributed by atoms with Gasteiger partial charge >= 0.3 is 0 Å². The van der Waals surface area contributed by atoms with Crippen molar-refractivity contribution in [2.75, 3.05) is 11.1 Å². The van der Waals surface area contributed by atoms with Crippen molar-refractivity contribution in [2.45, 2.75) is 37.6 Å². The fraction of sp³-hybridized carbons (Fsp3) is 0.500. The third-order valence-electron chi connectivity index (χ3n) is 3.58. The summed E-state index contributed by atoms with van der Waals surface area (Å²) in [4.78, 5) is 0. The standard InChI is InChI=1S/C12H16N2/c13-8-5-6-12-10(7-8)9-3-1-2-4-11(9)14-12/h5-7,9,11,14H,1-4,13H2. The summed E-state index contributed by atoms with van der Waals surface area (Å²) in [6.07, 6.45) is 5.39. The van der Waals surface area contributed by atoms with Gasteiger partial charge in [0.25, 0.3) is 0 Å². The Labute approximate surface area is 84.5 Å². The zero-order valence-corrected chi connectivity index (χ0v) is 8.29. The zero-order valence-electron chi connectivity index (χ0n) is 8.29. The van der Waals surface area contributed by atoms with Crippen molar-refractivity contribution in [3.63, 3.8) is 0 Å². The Kier molecular flexibility index (Phi) is 1.69. The lowest BCUT2D eigenvalue weighted by Crippen LogP contribution is -2.23.